The average Bonchev–Trinajstić information content (AvgIpc) is 3.27. The number of fused-ring (bicyclic) bond motifs is 1. The van der Waals surface area contributed by atoms with Crippen molar-refractivity contribution in [2.75, 3.05) is 6.61 Å². The largest absolute Gasteiger partial charge is 0.492 e. The van der Waals surface area contributed by atoms with E-state index >= 15 is 0 Å². The molecule has 1 aliphatic rings. The van der Waals surface area contributed by atoms with E-state index in [1.54, 1.807) is 13.2 Å². The highest BCUT2D eigenvalue weighted by molar-refractivity contribution is 7.89. The van der Waals surface area contributed by atoms with Crippen molar-refractivity contribution in [1.29, 1.82) is 0 Å². The fourth-order valence-electron chi connectivity index (χ4n) is 3.58. The number of nitrogens with zero attached hydrogens (tertiary/aromatic N) is 2. The van der Waals surface area contributed by atoms with Crippen molar-refractivity contribution in [3.8, 4) is 5.75 Å². The zero-order valence-corrected chi connectivity index (χ0v) is 20.0. The Morgan fingerprint density at radius 1 is 1.19 bits per heavy atom. The number of hydrogen-bond donors (Lipinski definition) is 3. The van der Waals surface area contributed by atoms with Crippen LogP contribution in [-0.4, -0.2) is 48.1 Å². The number of ether oxygens (including phenoxy) is 1. The van der Waals surface area contributed by atoms with Crippen LogP contribution < -0.4 is 15.2 Å². The number of nitrogens with two attached hydrogens (primary N) is 1. The van der Waals surface area contributed by atoms with Gasteiger partial charge in [-0.1, -0.05) is 42.5 Å². The Bertz CT molecular complexity index is 1300. The van der Waals surface area contributed by atoms with Gasteiger partial charge < -0.3 is 15.6 Å². The van der Waals surface area contributed by atoms with Crippen LogP contribution in [0.2, 0.25) is 0 Å². The summed E-state index contributed by atoms with van der Waals surface area (Å²) >= 11 is 0. The van der Waals surface area contributed by atoms with Gasteiger partial charge in [0.05, 0.1) is 0 Å². The summed E-state index contributed by atoms with van der Waals surface area (Å²) in [5.74, 6) is -1.84. The van der Waals surface area contributed by atoms with Crippen LogP contribution in [0.25, 0.3) is 0 Å². The molecule has 4 N–H and O–H groups in total. The summed E-state index contributed by atoms with van der Waals surface area (Å²) in [5, 5.41) is 11.1. The number of benzene rings is 2. The van der Waals surface area contributed by atoms with Gasteiger partial charge in [0.25, 0.3) is 10.0 Å². The van der Waals surface area contributed by atoms with E-state index in [4.69, 9.17) is 20.4 Å². The lowest BCUT2D eigenvalue weighted by Gasteiger charge is -2.32. The second kappa shape index (κ2) is 11.1. The fraction of sp³-hybridized carbons (Fsp3) is 0.304. The number of carboxylic acids is 1. The predicted molar refractivity (Wildman–Crippen MR) is 124 cm³/mol. The van der Waals surface area contributed by atoms with E-state index in [0.29, 0.717) is 6.61 Å². The molecule has 0 radical (unpaired) electrons. The Balaban J connectivity index is 0.000000454. The van der Waals surface area contributed by atoms with Gasteiger partial charge in [-0.15, -0.1) is 0 Å². The van der Waals surface area contributed by atoms with Crippen LogP contribution >= 0.6 is 0 Å². The number of hydrogen-bond acceptors (Lipinski definition) is 6. The van der Waals surface area contributed by atoms with E-state index in [1.807, 2.05) is 36.4 Å². The molecular weight excluding hydrogens is 501 g/mol. The number of carboxylic acid groups (broad SMARTS) is 1. The molecule has 0 spiro atoms. The number of alkyl halides is 3. The number of aliphatic carboxylic acids is 1. The molecule has 194 valence electrons. The van der Waals surface area contributed by atoms with Crippen molar-refractivity contribution in [2.45, 2.75) is 36.1 Å². The highest BCUT2D eigenvalue weighted by atomic mass is 32.2. The molecule has 0 saturated carbocycles. The molecule has 0 bridgehead atoms. The summed E-state index contributed by atoms with van der Waals surface area (Å²) < 4.78 is 66.5. The molecule has 2 atom stereocenters. The van der Waals surface area contributed by atoms with E-state index in [1.165, 1.54) is 16.3 Å². The SMILES string of the molecule is Cn1ccc(S(=O)(=O)NCc2ccc3c(c2)C(Cc2ccccc2)C(N)CO3)n1.O=C(O)C(F)(F)F. The minimum absolute atomic E-state index is 0.00488. The van der Waals surface area contributed by atoms with E-state index in [0.717, 1.165) is 23.3 Å². The first-order chi connectivity index (χ1) is 16.9. The van der Waals surface area contributed by atoms with Crippen molar-refractivity contribution in [3.05, 3.63) is 77.5 Å². The van der Waals surface area contributed by atoms with E-state index < -0.39 is 22.2 Å². The van der Waals surface area contributed by atoms with E-state index in [9.17, 15) is 21.6 Å². The molecule has 9 nitrogen and oxygen atoms in total. The first-order valence-electron chi connectivity index (χ1n) is 10.7. The van der Waals surface area contributed by atoms with Gasteiger partial charge in [-0.25, -0.2) is 17.9 Å². The number of carbonyl (C=O) groups is 1. The van der Waals surface area contributed by atoms with Crippen LogP contribution in [0, 0.1) is 0 Å². The Labute approximate surface area is 205 Å². The van der Waals surface area contributed by atoms with Crippen molar-refractivity contribution in [2.24, 2.45) is 12.8 Å². The number of aromatic nitrogens is 2. The van der Waals surface area contributed by atoms with Crippen LogP contribution in [0.1, 0.15) is 22.6 Å². The average molecular weight is 527 g/mol. The molecule has 3 aromatic rings. The summed E-state index contributed by atoms with van der Waals surface area (Å²) in [6, 6.07) is 17.3. The Kier molecular flexibility index (Phi) is 8.38. The van der Waals surface area contributed by atoms with Crippen molar-refractivity contribution in [3.63, 3.8) is 0 Å². The summed E-state index contributed by atoms with van der Waals surface area (Å²) in [5.41, 5.74) is 9.44. The summed E-state index contributed by atoms with van der Waals surface area (Å²) in [7, 11) is -1.99. The number of halogens is 3. The first-order valence-corrected chi connectivity index (χ1v) is 12.2. The molecule has 0 amide bonds. The Hall–Kier alpha value is -3.42. The lowest BCUT2D eigenvalue weighted by molar-refractivity contribution is -0.192. The van der Waals surface area contributed by atoms with E-state index in [2.05, 4.69) is 22.0 Å². The molecular formula is C23H25F3N4O5S. The number of rotatable bonds is 6. The van der Waals surface area contributed by atoms with Gasteiger partial charge >= 0.3 is 12.1 Å². The van der Waals surface area contributed by atoms with Crippen LogP contribution in [0.5, 0.6) is 5.75 Å². The highest BCUT2D eigenvalue weighted by Gasteiger charge is 2.38. The lowest BCUT2D eigenvalue weighted by atomic mass is 9.84. The van der Waals surface area contributed by atoms with Crippen molar-refractivity contribution >= 4 is 16.0 Å². The Morgan fingerprint density at radius 2 is 1.86 bits per heavy atom. The van der Waals surface area contributed by atoms with Gasteiger partial charge in [0.15, 0.2) is 5.03 Å². The first kappa shape index (κ1) is 27.2. The minimum atomic E-state index is -5.08. The topological polar surface area (TPSA) is 137 Å². The summed E-state index contributed by atoms with van der Waals surface area (Å²) in [6.45, 7) is 0.635. The molecule has 2 aromatic carbocycles. The quantitative estimate of drug-likeness (QED) is 0.449. The molecule has 2 unspecified atom stereocenters. The fourth-order valence-corrected chi connectivity index (χ4v) is 4.56. The molecule has 36 heavy (non-hydrogen) atoms. The maximum absolute atomic E-state index is 12.4. The van der Waals surface area contributed by atoms with Gasteiger partial charge in [-0.05, 0) is 35.2 Å². The van der Waals surface area contributed by atoms with Crippen molar-refractivity contribution < 1.29 is 36.2 Å². The monoisotopic (exact) mass is 526 g/mol. The third-order valence-electron chi connectivity index (χ3n) is 5.39. The molecule has 4 rings (SSSR count). The maximum atomic E-state index is 12.4. The van der Waals surface area contributed by atoms with Crippen LogP contribution in [0.3, 0.4) is 0 Å². The molecule has 2 heterocycles. The normalized spacial score (nSPS) is 17.4. The number of aryl methyl sites for hydroxylation is 1. The van der Waals surface area contributed by atoms with E-state index in [-0.39, 0.29) is 23.5 Å². The standard InChI is InChI=1S/C21H24N4O3S.C2HF3O2/c1-25-10-9-21(24-25)29(26,27)23-13-16-7-8-20-18(12-16)17(19(22)14-28-20)11-15-5-3-2-4-6-15;3-2(4,5)1(6)7/h2-10,12,17,19,23H,11,13-14,22H2,1H3;(H,6,7). The number of sulfonamides is 1. The maximum Gasteiger partial charge on any atom is 0.490 e. The molecule has 1 aliphatic heterocycles. The molecule has 0 saturated heterocycles. The molecule has 0 aliphatic carbocycles. The Morgan fingerprint density at radius 3 is 2.44 bits per heavy atom. The van der Waals surface area contributed by atoms with Crippen LogP contribution in [0.15, 0.2) is 65.8 Å². The summed E-state index contributed by atoms with van der Waals surface area (Å²) in [4.78, 5) is 8.90. The molecule has 0 fully saturated rings. The van der Waals surface area contributed by atoms with Gasteiger partial charge in [-0.2, -0.15) is 18.3 Å². The molecule has 1 aromatic heterocycles. The van der Waals surface area contributed by atoms with Gasteiger partial charge in [0.2, 0.25) is 0 Å². The zero-order valence-electron chi connectivity index (χ0n) is 19.1. The van der Waals surface area contributed by atoms with Gasteiger partial charge in [-0.3, -0.25) is 4.68 Å². The van der Waals surface area contributed by atoms with Crippen LogP contribution in [-0.2, 0) is 34.8 Å². The number of nitrogens with one attached hydrogen (secondary N) is 1. The predicted octanol–water partition coefficient (Wildman–Crippen LogP) is 2.58. The molecule has 13 heteroatoms. The minimum Gasteiger partial charge on any atom is -0.492 e. The third kappa shape index (κ3) is 7.06. The van der Waals surface area contributed by atoms with Gasteiger partial charge in [0, 0.05) is 31.7 Å². The summed E-state index contributed by atoms with van der Waals surface area (Å²) in [6.07, 6.45) is -2.68. The highest BCUT2D eigenvalue weighted by Crippen LogP contribution is 2.36. The smallest absolute Gasteiger partial charge is 0.490 e. The second-order valence-corrected chi connectivity index (χ2v) is 9.81. The van der Waals surface area contributed by atoms with Crippen LogP contribution in [0.4, 0.5) is 13.2 Å². The second-order valence-electron chi connectivity index (χ2n) is 8.10. The zero-order chi connectivity index (χ0) is 26.5. The van der Waals surface area contributed by atoms with Crippen molar-refractivity contribution in [1.82, 2.24) is 14.5 Å². The van der Waals surface area contributed by atoms with Gasteiger partial charge in [0.1, 0.15) is 12.4 Å². The lowest BCUT2D eigenvalue weighted by Crippen LogP contribution is -2.39. The third-order valence-corrected chi connectivity index (χ3v) is 6.69.